The third-order valence-electron chi connectivity index (χ3n) is 3.89. The first-order chi connectivity index (χ1) is 10.3. The van der Waals surface area contributed by atoms with Gasteiger partial charge in [0.2, 0.25) is 0 Å². The van der Waals surface area contributed by atoms with Gasteiger partial charge in [-0.3, -0.25) is 0 Å². The van der Waals surface area contributed by atoms with Gasteiger partial charge in [0.15, 0.2) is 0 Å². The Balaban J connectivity index is 2.13. The van der Waals surface area contributed by atoms with Crippen LogP contribution in [0.15, 0.2) is 23.3 Å². The Kier molecular flexibility index (Phi) is 8.26. The van der Waals surface area contributed by atoms with Crippen molar-refractivity contribution in [3.63, 3.8) is 0 Å². The SMILES string of the molecule is CCSC(=O)OC/C=C(\C)CC/C=C(\C)CCC1OC1(C)C. The van der Waals surface area contributed by atoms with Crippen molar-refractivity contribution in [2.45, 2.75) is 72.0 Å². The molecular weight excluding hydrogens is 296 g/mol. The van der Waals surface area contributed by atoms with Crippen LogP contribution in [0.25, 0.3) is 0 Å². The number of epoxide rings is 1. The van der Waals surface area contributed by atoms with Crippen molar-refractivity contribution in [3.05, 3.63) is 23.3 Å². The smallest absolute Gasteiger partial charge is 0.367 e. The summed E-state index contributed by atoms with van der Waals surface area (Å²) in [7, 11) is 0. The third kappa shape index (κ3) is 8.04. The van der Waals surface area contributed by atoms with Crippen LogP contribution < -0.4 is 0 Å². The minimum absolute atomic E-state index is 0.104. The molecule has 0 amide bonds. The van der Waals surface area contributed by atoms with Crippen LogP contribution in [0.3, 0.4) is 0 Å². The number of carbonyl (C=O) groups is 1. The van der Waals surface area contributed by atoms with Crippen molar-refractivity contribution in [2.75, 3.05) is 12.4 Å². The molecule has 1 saturated heterocycles. The molecule has 0 aromatic carbocycles. The Hall–Kier alpha value is -0.740. The number of allylic oxidation sites excluding steroid dienone is 3. The van der Waals surface area contributed by atoms with E-state index >= 15 is 0 Å². The van der Waals surface area contributed by atoms with E-state index in [4.69, 9.17) is 9.47 Å². The van der Waals surface area contributed by atoms with E-state index in [0.717, 1.165) is 31.4 Å². The van der Waals surface area contributed by atoms with Gasteiger partial charge in [-0.25, -0.2) is 4.79 Å². The number of hydrogen-bond acceptors (Lipinski definition) is 4. The molecule has 1 unspecified atom stereocenters. The summed E-state index contributed by atoms with van der Waals surface area (Å²) >= 11 is 1.21. The molecule has 1 atom stereocenters. The second-order valence-corrected chi connectivity index (χ2v) is 7.58. The van der Waals surface area contributed by atoms with Crippen molar-refractivity contribution in [3.8, 4) is 0 Å². The monoisotopic (exact) mass is 326 g/mol. The lowest BCUT2D eigenvalue weighted by molar-refractivity contribution is 0.187. The van der Waals surface area contributed by atoms with E-state index in [-0.39, 0.29) is 10.9 Å². The average molecular weight is 327 g/mol. The molecule has 1 heterocycles. The summed E-state index contributed by atoms with van der Waals surface area (Å²) < 4.78 is 10.7. The molecule has 0 aromatic heterocycles. The summed E-state index contributed by atoms with van der Waals surface area (Å²) in [6, 6.07) is 0. The minimum Gasteiger partial charge on any atom is -0.453 e. The van der Waals surface area contributed by atoms with E-state index in [1.165, 1.54) is 22.9 Å². The van der Waals surface area contributed by atoms with Gasteiger partial charge in [0.05, 0.1) is 11.7 Å². The molecule has 0 saturated carbocycles. The molecule has 0 spiro atoms. The number of ether oxygens (including phenoxy) is 2. The van der Waals surface area contributed by atoms with Gasteiger partial charge in [-0.15, -0.1) is 0 Å². The summed E-state index contributed by atoms with van der Waals surface area (Å²) in [5.41, 5.74) is 2.81. The van der Waals surface area contributed by atoms with E-state index in [1.807, 2.05) is 13.0 Å². The second kappa shape index (κ2) is 9.41. The highest BCUT2D eigenvalue weighted by Gasteiger charge is 2.46. The molecule has 4 heteroatoms. The predicted molar refractivity (Wildman–Crippen MR) is 94.4 cm³/mol. The normalized spacial score (nSPS) is 20.9. The lowest BCUT2D eigenvalue weighted by atomic mass is 10.0. The van der Waals surface area contributed by atoms with Gasteiger partial charge in [-0.05, 0) is 71.2 Å². The fourth-order valence-electron chi connectivity index (χ4n) is 2.26. The number of rotatable bonds is 9. The first kappa shape index (κ1) is 19.3. The van der Waals surface area contributed by atoms with E-state index < -0.39 is 0 Å². The third-order valence-corrected chi connectivity index (χ3v) is 4.53. The van der Waals surface area contributed by atoms with Gasteiger partial charge in [-0.1, -0.05) is 24.1 Å². The molecule has 0 N–H and O–H groups in total. The summed E-state index contributed by atoms with van der Waals surface area (Å²) in [5.74, 6) is 0.759. The maximum atomic E-state index is 11.2. The highest BCUT2D eigenvalue weighted by atomic mass is 32.2. The van der Waals surface area contributed by atoms with Crippen LogP contribution in [0.1, 0.15) is 60.3 Å². The molecule has 1 aliphatic rings. The van der Waals surface area contributed by atoms with Crippen LogP contribution in [0.5, 0.6) is 0 Å². The van der Waals surface area contributed by atoms with E-state index in [0.29, 0.717) is 12.7 Å². The maximum absolute atomic E-state index is 11.2. The summed E-state index contributed by atoms with van der Waals surface area (Å²) in [5, 5.41) is -0.187. The minimum atomic E-state index is -0.187. The van der Waals surface area contributed by atoms with Crippen molar-refractivity contribution in [1.29, 1.82) is 0 Å². The maximum Gasteiger partial charge on any atom is 0.367 e. The fraction of sp³-hybridized carbons (Fsp3) is 0.722. The highest BCUT2D eigenvalue weighted by molar-refractivity contribution is 8.13. The first-order valence-electron chi connectivity index (χ1n) is 8.13. The van der Waals surface area contributed by atoms with Crippen LogP contribution in [-0.2, 0) is 9.47 Å². The molecule has 3 nitrogen and oxygen atoms in total. The van der Waals surface area contributed by atoms with Crippen LogP contribution in [0, 0.1) is 0 Å². The van der Waals surface area contributed by atoms with Crippen molar-refractivity contribution in [2.24, 2.45) is 0 Å². The van der Waals surface area contributed by atoms with Crippen molar-refractivity contribution in [1.82, 2.24) is 0 Å². The molecule has 0 aliphatic carbocycles. The van der Waals surface area contributed by atoms with E-state index in [1.54, 1.807) is 0 Å². The summed E-state index contributed by atoms with van der Waals surface area (Å²) in [4.78, 5) is 11.2. The van der Waals surface area contributed by atoms with Gasteiger partial charge in [0, 0.05) is 5.75 Å². The van der Waals surface area contributed by atoms with Gasteiger partial charge in [0.1, 0.15) is 6.61 Å². The molecular formula is C18H30O3S. The zero-order valence-corrected chi connectivity index (χ0v) is 15.4. The standard InChI is InChI=1S/C18H30O3S/c1-6-22-17(19)20-13-12-15(3)9-7-8-14(2)10-11-16-18(4,5)21-16/h8,12,16H,6-7,9-11,13H2,1-5H3/b14-8+,15-12+. The summed E-state index contributed by atoms with van der Waals surface area (Å²) in [6.07, 6.45) is 9.04. The first-order valence-corrected chi connectivity index (χ1v) is 9.12. The highest BCUT2D eigenvalue weighted by Crippen LogP contribution is 2.38. The largest absolute Gasteiger partial charge is 0.453 e. The molecule has 1 rings (SSSR count). The molecule has 22 heavy (non-hydrogen) atoms. The molecule has 1 fully saturated rings. The van der Waals surface area contributed by atoms with Crippen LogP contribution in [0.2, 0.25) is 0 Å². The van der Waals surface area contributed by atoms with Gasteiger partial charge in [0.25, 0.3) is 0 Å². The number of carbonyl (C=O) groups excluding carboxylic acids is 1. The molecule has 0 radical (unpaired) electrons. The Morgan fingerprint density at radius 2 is 1.86 bits per heavy atom. The zero-order chi connectivity index (χ0) is 16.6. The molecule has 126 valence electrons. The van der Waals surface area contributed by atoms with Crippen LogP contribution in [0.4, 0.5) is 4.79 Å². The number of hydrogen-bond donors (Lipinski definition) is 0. The zero-order valence-electron chi connectivity index (χ0n) is 14.6. The molecule has 0 aromatic rings. The van der Waals surface area contributed by atoms with Crippen LogP contribution >= 0.6 is 11.8 Å². The van der Waals surface area contributed by atoms with E-state index in [2.05, 4.69) is 33.8 Å². The molecule has 1 aliphatic heterocycles. The van der Waals surface area contributed by atoms with Gasteiger partial charge in [-0.2, -0.15) is 0 Å². The van der Waals surface area contributed by atoms with E-state index in [9.17, 15) is 4.79 Å². The molecule has 0 bridgehead atoms. The topological polar surface area (TPSA) is 38.8 Å². The lowest BCUT2D eigenvalue weighted by Gasteiger charge is -2.03. The second-order valence-electron chi connectivity index (χ2n) is 6.38. The lowest BCUT2D eigenvalue weighted by Crippen LogP contribution is -2.02. The van der Waals surface area contributed by atoms with Crippen molar-refractivity contribution < 1.29 is 14.3 Å². The van der Waals surface area contributed by atoms with Crippen LogP contribution in [-0.4, -0.2) is 29.4 Å². The Bertz CT molecular complexity index is 424. The predicted octanol–water partition coefficient (Wildman–Crippen LogP) is 5.51. The Morgan fingerprint density at radius 3 is 2.45 bits per heavy atom. The fourth-order valence-corrected chi connectivity index (χ4v) is 2.65. The Morgan fingerprint density at radius 1 is 1.23 bits per heavy atom. The summed E-state index contributed by atoms with van der Waals surface area (Å²) in [6.45, 7) is 10.9. The Labute approximate surface area is 139 Å². The van der Waals surface area contributed by atoms with Crippen molar-refractivity contribution >= 4 is 17.1 Å². The van der Waals surface area contributed by atoms with Gasteiger partial charge >= 0.3 is 5.30 Å². The number of thioether (sulfide) groups is 1. The quantitative estimate of drug-likeness (QED) is 0.318. The van der Waals surface area contributed by atoms with Gasteiger partial charge < -0.3 is 9.47 Å². The average Bonchev–Trinajstić information content (AvgIpc) is 3.04.